The van der Waals surface area contributed by atoms with E-state index in [2.05, 4.69) is 28.1 Å². The summed E-state index contributed by atoms with van der Waals surface area (Å²) in [6.07, 6.45) is 2.31. The lowest BCUT2D eigenvalue weighted by atomic mass is 9.94. The fraction of sp³-hybridized carbons (Fsp3) is 0.500. The van der Waals surface area contributed by atoms with Gasteiger partial charge in [-0.1, -0.05) is 24.3 Å². The van der Waals surface area contributed by atoms with E-state index in [1.807, 2.05) is 12.1 Å². The van der Waals surface area contributed by atoms with E-state index in [0.717, 1.165) is 13.0 Å². The Balaban J connectivity index is 1.64. The normalized spacial score (nSPS) is 22.0. The van der Waals surface area contributed by atoms with Crippen molar-refractivity contribution in [2.45, 2.75) is 25.3 Å². The number of rotatable bonds is 4. The highest BCUT2D eigenvalue weighted by Crippen LogP contribution is 2.46. The van der Waals surface area contributed by atoms with E-state index in [1.54, 1.807) is 7.05 Å². The molecule has 0 spiro atoms. The van der Waals surface area contributed by atoms with Crippen molar-refractivity contribution in [2.75, 3.05) is 20.1 Å². The molecule has 2 aliphatic rings. The van der Waals surface area contributed by atoms with Gasteiger partial charge in [-0.25, -0.2) is 0 Å². The zero-order chi connectivity index (χ0) is 14.9. The van der Waals surface area contributed by atoms with E-state index >= 15 is 0 Å². The fourth-order valence-electron chi connectivity index (χ4n) is 3.06. The molecule has 1 aromatic carbocycles. The lowest BCUT2D eigenvalue weighted by molar-refractivity contribution is -0.136. The van der Waals surface area contributed by atoms with Gasteiger partial charge in [-0.3, -0.25) is 9.59 Å². The minimum atomic E-state index is -0.817. The summed E-state index contributed by atoms with van der Waals surface area (Å²) in [6.45, 7) is 1.44. The van der Waals surface area contributed by atoms with Gasteiger partial charge < -0.3 is 16.0 Å². The molecule has 0 saturated heterocycles. The quantitative estimate of drug-likeness (QED) is 0.707. The molecular weight excluding hydrogens is 266 g/mol. The monoisotopic (exact) mass is 287 g/mol. The highest BCUT2D eigenvalue weighted by Gasteiger charge is 2.56. The van der Waals surface area contributed by atoms with Gasteiger partial charge in [0.15, 0.2) is 0 Å². The Morgan fingerprint density at radius 2 is 2.05 bits per heavy atom. The van der Waals surface area contributed by atoms with Crippen molar-refractivity contribution in [2.24, 2.45) is 5.41 Å². The molecule has 0 aromatic heterocycles. The Hall–Kier alpha value is -1.88. The Morgan fingerprint density at radius 1 is 1.29 bits per heavy atom. The van der Waals surface area contributed by atoms with Crippen LogP contribution in [-0.2, 0) is 16.0 Å². The number of carbonyl (C=O) groups is 2. The predicted molar refractivity (Wildman–Crippen MR) is 79.6 cm³/mol. The molecule has 0 radical (unpaired) electrons. The summed E-state index contributed by atoms with van der Waals surface area (Å²) >= 11 is 0. The molecule has 5 nitrogen and oxygen atoms in total. The molecule has 5 heteroatoms. The summed E-state index contributed by atoms with van der Waals surface area (Å²) in [7, 11) is 1.58. The van der Waals surface area contributed by atoms with Crippen molar-refractivity contribution in [1.82, 2.24) is 16.0 Å². The number of benzene rings is 1. The minimum Gasteiger partial charge on any atom is -0.358 e. The van der Waals surface area contributed by atoms with Crippen LogP contribution in [0.25, 0.3) is 0 Å². The van der Waals surface area contributed by atoms with Gasteiger partial charge in [0.25, 0.3) is 0 Å². The molecule has 21 heavy (non-hydrogen) atoms. The van der Waals surface area contributed by atoms with Crippen molar-refractivity contribution >= 4 is 11.8 Å². The lowest BCUT2D eigenvalue weighted by Crippen LogP contribution is -2.45. The van der Waals surface area contributed by atoms with Crippen molar-refractivity contribution in [3.8, 4) is 0 Å². The molecular formula is C16H21N3O2. The first-order valence-corrected chi connectivity index (χ1v) is 7.49. The number of hydrogen-bond donors (Lipinski definition) is 3. The Morgan fingerprint density at radius 3 is 2.76 bits per heavy atom. The zero-order valence-corrected chi connectivity index (χ0v) is 12.2. The van der Waals surface area contributed by atoms with E-state index in [0.29, 0.717) is 19.4 Å². The van der Waals surface area contributed by atoms with E-state index in [1.165, 1.54) is 11.1 Å². The SMILES string of the molecule is CNC(=O)C1(C(=O)NCC2NCCc3ccccc32)CC1. The molecule has 1 unspecified atom stereocenters. The van der Waals surface area contributed by atoms with E-state index in [-0.39, 0.29) is 17.9 Å². The third-order valence-electron chi connectivity index (χ3n) is 4.53. The minimum absolute atomic E-state index is 0.124. The van der Waals surface area contributed by atoms with Gasteiger partial charge in [-0.15, -0.1) is 0 Å². The van der Waals surface area contributed by atoms with Gasteiger partial charge in [-0.2, -0.15) is 0 Å². The highest BCUT2D eigenvalue weighted by atomic mass is 16.2. The van der Waals surface area contributed by atoms with Crippen LogP contribution in [0.15, 0.2) is 24.3 Å². The lowest BCUT2D eigenvalue weighted by Gasteiger charge is -2.27. The molecule has 1 aliphatic carbocycles. The average Bonchev–Trinajstić information content (AvgIpc) is 3.33. The summed E-state index contributed by atoms with van der Waals surface area (Å²) in [5.41, 5.74) is 1.76. The molecule has 3 N–H and O–H groups in total. The maximum absolute atomic E-state index is 12.3. The zero-order valence-electron chi connectivity index (χ0n) is 12.2. The fourth-order valence-corrected chi connectivity index (χ4v) is 3.06. The largest absolute Gasteiger partial charge is 0.358 e. The van der Waals surface area contributed by atoms with Crippen LogP contribution in [0.3, 0.4) is 0 Å². The van der Waals surface area contributed by atoms with Crippen LogP contribution < -0.4 is 16.0 Å². The Labute approximate surface area is 124 Å². The molecule has 1 aromatic rings. The van der Waals surface area contributed by atoms with Crippen LogP contribution in [0.4, 0.5) is 0 Å². The topological polar surface area (TPSA) is 70.2 Å². The molecule has 1 atom stereocenters. The van der Waals surface area contributed by atoms with Crippen molar-refractivity contribution in [3.63, 3.8) is 0 Å². The summed E-state index contributed by atoms with van der Waals surface area (Å²) < 4.78 is 0. The molecule has 1 saturated carbocycles. The van der Waals surface area contributed by atoms with Gasteiger partial charge in [-0.05, 0) is 36.9 Å². The second-order valence-electron chi connectivity index (χ2n) is 5.83. The van der Waals surface area contributed by atoms with Crippen LogP contribution in [0.5, 0.6) is 0 Å². The molecule has 1 fully saturated rings. The third kappa shape index (κ3) is 2.53. The Bertz CT molecular complexity index is 566. The predicted octanol–water partition coefficient (Wildman–Crippen LogP) is 0.516. The number of carbonyl (C=O) groups excluding carboxylic acids is 2. The number of hydrogen-bond acceptors (Lipinski definition) is 3. The molecule has 1 aliphatic heterocycles. The van der Waals surface area contributed by atoms with Gasteiger partial charge in [0.1, 0.15) is 5.41 Å². The summed E-state index contributed by atoms with van der Waals surface area (Å²) in [4.78, 5) is 24.1. The van der Waals surface area contributed by atoms with Crippen LogP contribution in [-0.4, -0.2) is 32.0 Å². The van der Waals surface area contributed by atoms with E-state index in [9.17, 15) is 9.59 Å². The molecule has 3 rings (SSSR count). The smallest absolute Gasteiger partial charge is 0.235 e. The third-order valence-corrected chi connectivity index (χ3v) is 4.53. The second kappa shape index (κ2) is 5.48. The first-order chi connectivity index (χ1) is 10.2. The number of amides is 2. The summed E-state index contributed by atoms with van der Waals surface area (Å²) in [6, 6.07) is 8.43. The van der Waals surface area contributed by atoms with Crippen LogP contribution in [0.1, 0.15) is 30.0 Å². The molecule has 0 bridgehead atoms. The first kappa shape index (κ1) is 14.1. The van der Waals surface area contributed by atoms with Gasteiger partial charge in [0.05, 0.1) is 0 Å². The molecule has 112 valence electrons. The summed E-state index contributed by atoms with van der Waals surface area (Å²) in [5.74, 6) is -0.316. The first-order valence-electron chi connectivity index (χ1n) is 7.49. The maximum Gasteiger partial charge on any atom is 0.235 e. The Kier molecular flexibility index (Phi) is 3.68. The van der Waals surface area contributed by atoms with Crippen molar-refractivity contribution in [3.05, 3.63) is 35.4 Å². The molecule has 1 heterocycles. The van der Waals surface area contributed by atoms with Crippen molar-refractivity contribution in [1.29, 1.82) is 0 Å². The van der Waals surface area contributed by atoms with Gasteiger partial charge >= 0.3 is 0 Å². The van der Waals surface area contributed by atoms with E-state index in [4.69, 9.17) is 0 Å². The van der Waals surface area contributed by atoms with Crippen LogP contribution in [0, 0.1) is 5.41 Å². The number of fused-ring (bicyclic) bond motifs is 1. The van der Waals surface area contributed by atoms with Gasteiger partial charge in [0, 0.05) is 19.6 Å². The summed E-state index contributed by atoms with van der Waals surface area (Å²) in [5, 5.41) is 8.97. The van der Waals surface area contributed by atoms with Crippen molar-refractivity contribution < 1.29 is 9.59 Å². The number of nitrogens with one attached hydrogen (secondary N) is 3. The maximum atomic E-state index is 12.3. The van der Waals surface area contributed by atoms with Crippen LogP contribution in [0.2, 0.25) is 0 Å². The van der Waals surface area contributed by atoms with E-state index < -0.39 is 5.41 Å². The highest BCUT2D eigenvalue weighted by molar-refractivity contribution is 6.07. The van der Waals surface area contributed by atoms with Crippen LogP contribution >= 0.6 is 0 Å². The molecule has 2 amide bonds. The standard InChI is InChI=1S/C16H21N3O2/c1-17-14(20)16(7-8-16)15(21)19-10-13-12-5-3-2-4-11(12)6-9-18-13/h2-5,13,18H,6-10H2,1H3,(H,17,20)(H,19,21). The average molecular weight is 287 g/mol. The van der Waals surface area contributed by atoms with Gasteiger partial charge in [0.2, 0.25) is 11.8 Å². The second-order valence-corrected chi connectivity index (χ2v) is 5.83.